The molecular formula is C11H18N2O3. The molecule has 0 spiro atoms. The van der Waals surface area contributed by atoms with E-state index in [1.165, 1.54) is 6.07 Å². The van der Waals surface area contributed by atoms with Gasteiger partial charge in [-0.2, -0.15) is 0 Å². The summed E-state index contributed by atoms with van der Waals surface area (Å²) in [4.78, 5) is 18.4. The Morgan fingerprint density at radius 2 is 2.12 bits per heavy atom. The fourth-order valence-electron chi connectivity index (χ4n) is 1.58. The molecule has 0 fully saturated rings. The van der Waals surface area contributed by atoms with Gasteiger partial charge in [0, 0.05) is 20.3 Å². The molecule has 1 atom stereocenters. The van der Waals surface area contributed by atoms with E-state index in [1.54, 1.807) is 14.2 Å². The molecule has 0 aromatic carbocycles. The fourth-order valence-corrected chi connectivity index (χ4v) is 1.58. The lowest BCUT2D eigenvalue weighted by atomic mass is 10.1. The van der Waals surface area contributed by atoms with E-state index in [1.807, 2.05) is 13.8 Å². The summed E-state index contributed by atoms with van der Waals surface area (Å²) >= 11 is 0. The summed E-state index contributed by atoms with van der Waals surface area (Å²) in [6.45, 7) is 4.35. The number of rotatable bonds is 5. The highest BCUT2D eigenvalue weighted by Crippen LogP contribution is 2.20. The van der Waals surface area contributed by atoms with Crippen LogP contribution in [0, 0.1) is 5.92 Å². The van der Waals surface area contributed by atoms with Crippen LogP contribution in [0.1, 0.15) is 31.5 Å². The highest BCUT2D eigenvalue weighted by Gasteiger charge is 2.18. The molecular weight excluding hydrogens is 208 g/mol. The normalized spacial score (nSPS) is 13.1. The van der Waals surface area contributed by atoms with Gasteiger partial charge in [0.15, 0.2) is 0 Å². The molecule has 1 heterocycles. The van der Waals surface area contributed by atoms with Crippen LogP contribution in [-0.2, 0) is 16.1 Å². The zero-order valence-electron chi connectivity index (χ0n) is 10.1. The maximum absolute atomic E-state index is 11.4. The maximum atomic E-state index is 11.4. The first kappa shape index (κ1) is 12.9. The van der Waals surface area contributed by atoms with Crippen LogP contribution in [0.3, 0.4) is 0 Å². The van der Waals surface area contributed by atoms with E-state index >= 15 is 0 Å². The lowest BCUT2D eigenvalue weighted by molar-refractivity contribution is 0.0566. The van der Waals surface area contributed by atoms with Gasteiger partial charge >= 0.3 is 0 Å². The maximum Gasteiger partial charge on any atom is 0.251 e. The Morgan fingerprint density at radius 3 is 2.62 bits per heavy atom. The van der Waals surface area contributed by atoms with Crippen LogP contribution in [0.5, 0.6) is 0 Å². The molecule has 0 aliphatic heterocycles. The topological polar surface area (TPSA) is 64.2 Å². The number of aromatic nitrogens is 2. The Labute approximate surface area is 94.8 Å². The quantitative estimate of drug-likeness (QED) is 0.821. The molecule has 0 bridgehead atoms. The molecule has 0 radical (unpaired) electrons. The highest BCUT2D eigenvalue weighted by atomic mass is 16.5. The molecule has 0 amide bonds. The Hall–Kier alpha value is -1.20. The summed E-state index contributed by atoms with van der Waals surface area (Å²) in [5.41, 5.74) is 0.434. The van der Waals surface area contributed by atoms with Crippen molar-refractivity contribution in [2.75, 3.05) is 14.2 Å². The minimum absolute atomic E-state index is 0.181. The summed E-state index contributed by atoms with van der Waals surface area (Å²) in [6, 6.07) is 1.43. The van der Waals surface area contributed by atoms with E-state index < -0.39 is 0 Å². The van der Waals surface area contributed by atoms with Crippen molar-refractivity contribution in [2.45, 2.75) is 26.6 Å². The SMILES string of the molecule is COCc1cc(=O)[nH]c(C(OC)C(C)C)n1. The van der Waals surface area contributed by atoms with Crippen molar-refractivity contribution in [3.05, 3.63) is 27.9 Å². The molecule has 16 heavy (non-hydrogen) atoms. The van der Waals surface area contributed by atoms with Gasteiger partial charge in [-0.05, 0) is 5.92 Å². The number of nitrogens with zero attached hydrogens (tertiary/aromatic N) is 1. The third-order valence-electron chi connectivity index (χ3n) is 2.23. The molecule has 1 unspecified atom stereocenters. The van der Waals surface area contributed by atoms with Crippen molar-refractivity contribution in [3.63, 3.8) is 0 Å². The molecule has 0 saturated carbocycles. The lowest BCUT2D eigenvalue weighted by Gasteiger charge is -2.18. The van der Waals surface area contributed by atoms with Crippen LogP contribution in [0.4, 0.5) is 0 Å². The van der Waals surface area contributed by atoms with Gasteiger partial charge < -0.3 is 14.5 Å². The Kier molecular flexibility index (Phi) is 4.64. The molecule has 1 aromatic rings. The van der Waals surface area contributed by atoms with E-state index in [0.717, 1.165) is 0 Å². The summed E-state index contributed by atoms with van der Waals surface area (Å²) in [5.74, 6) is 0.794. The number of aromatic amines is 1. The first-order valence-corrected chi connectivity index (χ1v) is 5.20. The largest absolute Gasteiger partial charge is 0.378 e. The van der Waals surface area contributed by atoms with Crippen molar-refractivity contribution < 1.29 is 9.47 Å². The summed E-state index contributed by atoms with van der Waals surface area (Å²) in [7, 11) is 3.17. The van der Waals surface area contributed by atoms with Crippen LogP contribution in [-0.4, -0.2) is 24.2 Å². The van der Waals surface area contributed by atoms with Gasteiger partial charge in [0.25, 0.3) is 5.56 Å². The van der Waals surface area contributed by atoms with Crippen molar-refractivity contribution in [1.82, 2.24) is 9.97 Å². The van der Waals surface area contributed by atoms with Gasteiger partial charge in [-0.1, -0.05) is 13.8 Å². The molecule has 5 nitrogen and oxygen atoms in total. The third-order valence-corrected chi connectivity index (χ3v) is 2.23. The van der Waals surface area contributed by atoms with Gasteiger partial charge in [-0.15, -0.1) is 0 Å². The number of hydrogen-bond donors (Lipinski definition) is 1. The second-order valence-corrected chi connectivity index (χ2v) is 3.96. The number of methoxy groups -OCH3 is 2. The third kappa shape index (κ3) is 3.15. The average molecular weight is 226 g/mol. The summed E-state index contributed by atoms with van der Waals surface area (Å²) < 4.78 is 10.3. The number of H-pyrrole nitrogens is 1. The van der Waals surface area contributed by atoms with Gasteiger partial charge in [0.05, 0.1) is 12.3 Å². The minimum Gasteiger partial charge on any atom is -0.378 e. The lowest BCUT2D eigenvalue weighted by Crippen LogP contribution is -2.20. The highest BCUT2D eigenvalue weighted by molar-refractivity contribution is 5.04. The molecule has 1 aromatic heterocycles. The van der Waals surface area contributed by atoms with Crippen LogP contribution >= 0.6 is 0 Å². The predicted octanol–water partition coefficient (Wildman–Crippen LogP) is 1.26. The Morgan fingerprint density at radius 1 is 1.44 bits per heavy atom. The average Bonchev–Trinajstić information content (AvgIpc) is 2.17. The second kappa shape index (κ2) is 5.77. The molecule has 5 heteroatoms. The molecule has 0 aliphatic rings. The molecule has 1 rings (SSSR count). The summed E-state index contributed by atoms with van der Waals surface area (Å²) in [6.07, 6.45) is -0.204. The second-order valence-electron chi connectivity index (χ2n) is 3.96. The predicted molar refractivity (Wildman–Crippen MR) is 60.2 cm³/mol. The van der Waals surface area contributed by atoms with Gasteiger partial charge in [-0.3, -0.25) is 4.79 Å². The zero-order chi connectivity index (χ0) is 12.1. The van der Waals surface area contributed by atoms with E-state index in [0.29, 0.717) is 18.1 Å². The molecule has 90 valence electrons. The zero-order valence-corrected chi connectivity index (χ0v) is 10.1. The van der Waals surface area contributed by atoms with Crippen LogP contribution in [0.2, 0.25) is 0 Å². The Balaban J connectivity index is 3.07. The van der Waals surface area contributed by atoms with Crippen molar-refractivity contribution in [1.29, 1.82) is 0 Å². The van der Waals surface area contributed by atoms with Crippen LogP contribution < -0.4 is 5.56 Å². The molecule has 0 saturated heterocycles. The first-order valence-electron chi connectivity index (χ1n) is 5.20. The molecule has 0 aliphatic carbocycles. The van der Waals surface area contributed by atoms with Crippen LogP contribution in [0.25, 0.3) is 0 Å². The van der Waals surface area contributed by atoms with Gasteiger partial charge in [-0.25, -0.2) is 4.98 Å². The number of nitrogens with one attached hydrogen (secondary N) is 1. The number of hydrogen-bond acceptors (Lipinski definition) is 4. The monoisotopic (exact) mass is 226 g/mol. The van der Waals surface area contributed by atoms with Gasteiger partial charge in [0.2, 0.25) is 0 Å². The number of ether oxygens (including phenoxy) is 2. The van der Waals surface area contributed by atoms with E-state index in [4.69, 9.17) is 9.47 Å². The molecule has 1 N–H and O–H groups in total. The van der Waals surface area contributed by atoms with E-state index in [-0.39, 0.29) is 17.6 Å². The fraction of sp³-hybridized carbons (Fsp3) is 0.636. The minimum atomic E-state index is -0.204. The van der Waals surface area contributed by atoms with Crippen molar-refractivity contribution >= 4 is 0 Å². The van der Waals surface area contributed by atoms with Gasteiger partial charge in [0.1, 0.15) is 11.9 Å². The summed E-state index contributed by atoms with van der Waals surface area (Å²) in [5, 5.41) is 0. The van der Waals surface area contributed by atoms with E-state index in [9.17, 15) is 4.79 Å². The van der Waals surface area contributed by atoms with Crippen LogP contribution in [0.15, 0.2) is 10.9 Å². The van der Waals surface area contributed by atoms with Crippen molar-refractivity contribution in [3.8, 4) is 0 Å². The smallest absolute Gasteiger partial charge is 0.251 e. The Bertz CT molecular complexity index is 387. The standard InChI is InChI=1S/C11H18N2O3/c1-7(2)10(16-4)11-12-8(6-15-3)5-9(14)13-11/h5,7,10H,6H2,1-4H3,(H,12,13,14). The first-order chi connectivity index (χ1) is 7.58. The van der Waals surface area contributed by atoms with Crippen molar-refractivity contribution in [2.24, 2.45) is 5.92 Å². The van der Waals surface area contributed by atoms with E-state index in [2.05, 4.69) is 9.97 Å².